The fourth-order valence-electron chi connectivity index (χ4n) is 2.03. The molecule has 1 aromatic rings. The first-order chi connectivity index (χ1) is 9.05. The third-order valence-corrected chi connectivity index (χ3v) is 3.15. The molecule has 0 unspecified atom stereocenters. The molecule has 0 bridgehead atoms. The maximum atomic E-state index is 12.4. The molecule has 0 spiro atoms. The van der Waals surface area contributed by atoms with E-state index >= 15 is 0 Å². The molecule has 0 saturated carbocycles. The van der Waals surface area contributed by atoms with Gasteiger partial charge in [0.25, 0.3) is 0 Å². The molecule has 2 rings (SSSR count). The van der Waals surface area contributed by atoms with Gasteiger partial charge in [-0.2, -0.15) is 13.2 Å². The molecule has 0 fully saturated rings. The SMILES string of the molecule is FC(F)(F)c1ccc(CNC2=NCCCCC2)cc1. The van der Waals surface area contributed by atoms with Gasteiger partial charge < -0.3 is 5.32 Å². The van der Waals surface area contributed by atoms with E-state index in [0.717, 1.165) is 49.3 Å². The normalized spacial score (nSPS) is 16.7. The van der Waals surface area contributed by atoms with Gasteiger partial charge in [-0.05, 0) is 30.5 Å². The van der Waals surface area contributed by atoms with Crippen molar-refractivity contribution in [1.29, 1.82) is 0 Å². The molecule has 0 aliphatic carbocycles. The van der Waals surface area contributed by atoms with E-state index in [1.165, 1.54) is 18.6 Å². The highest BCUT2D eigenvalue weighted by molar-refractivity contribution is 5.82. The van der Waals surface area contributed by atoms with Gasteiger partial charge in [0.05, 0.1) is 11.4 Å². The predicted octanol–water partition coefficient (Wildman–Crippen LogP) is 3.77. The number of rotatable bonds is 2. The second kappa shape index (κ2) is 6.08. The molecule has 0 amide bonds. The monoisotopic (exact) mass is 270 g/mol. The van der Waals surface area contributed by atoms with Crippen LogP contribution in [0.5, 0.6) is 0 Å². The van der Waals surface area contributed by atoms with Crippen LogP contribution in [0.1, 0.15) is 36.8 Å². The number of halogens is 3. The van der Waals surface area contributed by atoms with E-state index in [-0.39, 0.29) is 0 Å². The van der Waals surface area contributed by atoms with E-state index in [4.69, 9.17) is 0 Å². The van der Waals surface area contributed by atoms with E-state index in [9.17, 15) is 13.2 Å². The Kier molecular flexibility index (Phi) is 4.45. The van der Waals surface area contributed by atoms with E-state index in [1.54, 1.807) is 0 Å². The van der Waals surface area contributed by atoms with Crippen LogP contribution in [-0.4, -0.2) is 12.4 Å². The van der Waals surface area contributed by atoms with E-state index < -0.39 is 11.7 Å². The molecule has 1 aromatic carbocycles. The molecule has 19 heavy (non-hydrogen) atoms. The second-order valence-electron chi connectivity index (χ2n) is 4.69. The van der Waals surface area contributed by atoms with Gasteiger partial charge in [0, 0.05) is 19.5 Å². The summed E-state index contributed by atoms with van der Waals surface area (Å²) in [4.78, 5) is 4.42. The number of nitrogens with zero attached hydrogens (tertiary/aromatic N) is 1. The lowest BCUT2D eigenvalue weighted by atomic mass is 10.1. The summed E-state index contributed by atoms with van der Waals surface area (Å²) in [6, 6.07) is 5.25. The Bertz CT molecular complexity index is 435. The number of amidine groups is 1. The van der Waals surface area contributed by atoms with Crippen molar-refractivity contribution in [3.8, 4) is 0 Å². The molecular weight excluding hydrogens is 253 g/mol. The average Bonchev–Trinajstić information content (AvgIpc) is 2.64. The Labute approximate surface area is 110 Å². The second-order valence-corrected chi connectivity index (χ2v) is 4.69. The quantitative estimate of drug-likeness (QED) is 0.869. The third-order valence-electron chi connectivity index (χ3n) is 3.15. The van der Waals surface area contributed by atoms with E-state index in [2.05, 4.69) is 10.3 Å². The predicted molar refractivity (Wildman–Crippen MR) is 69.1 cm³/mol. The summed E-state index contributed by atoms with van der Waals surface area (Å²) >= 11 is 0. The van der Waals surface area contributed by atoms with Crippen LogP contribution in [0, 0.1) is 0 Å². The summed E-state index contributed by atoms with van der Waals surface area (Å²) in [6.07, 6.45) is 0.0945. The minimum Gasteiger partial charge on any atom is -0.370 e. The molecular formula is C14H17F3N2. The summed E-state index contributed by atoms with van der Waals surface area (Å²) in [6.45, 7) is 1.37. The number of benzene rings is 1. The van der Waals surface area contributed by atoms with Crippen LogP contribution in [0.3, 0.4) is 0 Å². The molecule has 5 heteroatoms. The fourth-order valence-corrected chi connectivity index (χ4v) is 2.03. The maximum absolute atomic E-state index is 12.4. The highest BCUT2D eigenvalue weighted by Gasteiger charge is 2.29. The molecule has 0 radical (unpaired) electrons. The van der Waals surface area contributed by atoms with Crippen molar-refractivity contribution >= 4 is 5.84 Å². The summed E-state index contributed by atoms with van der Waals surface area (Å²) in [5.41, 5.74) is 0.225. The molecule has 1 heterocycles. The number of aliphatic imine (C=N–C) groups is 1. The minimum absolute atomic E-state index is 0.525. The Hall–Kier alpha value is -1.52. The van der Waals surface area contributed by atoms with Crippen LogP contribution in [0.2, 0.25) is 0 Å². The van der Waals surface area contributed by atoms with Gasteiger partial charge >= 0.3 is 6.18 Å². The van der Waals surface area contributed by atoms with Crippen LogP contribution in [0.25, 0.3) is 0 Å². The lowest BCUT2D eigenvalue weighted by Gasteiger charge is -2.10. The molecule has 0 aromatic heterocycles. The summed E-state index contributed by atoms with van der Waals surface area (Å²) in [5.74, 6) is 0.970. The molecule has 1 N–H and O–H groups in total. The summed E-state index contributed by atoms with van der Waals surface area (Å²) in [5, 5.41) is 3.20. The largest absolute Gasteiger partial charge is 0.416 e. The maximum Gasteiger partial charge on any atom is 0.416 e. The number of nitrogens with one attached hydrogen (secondary N) is 1. The van der Waals surface area contributed by atoms with Gasteiger partial charge in [0.1, 0.15) is 0 Å². The average molecular weight is 270 g/mol. The lowest BCUT2D eigenvalue weighted by Crippen LogP contribution is -2.22. The zero-order chi connectivity index (χ0) is 13.7. The Morgan fingerprint density at radius 3 is 2.47 bits per heavy atom. The topological polar surface area (TPSA) is 24.4 Å². The molecule has 1 aliphatic rings. The fraction of sp³-hybridized carbons (Fsp3) is 0.500. The van der Waals surface area contributed by atoms with E-state index in [0.29, 0.717) is 6.54 Å². The highest BCUT2D eigenvalue weighted by Crippen LogP contribution is 2.29. The number of hydrogen-bond acceptors (Lipinski definition) is 2. The van der Waals surface area contributed by atoms with Gasteiger partial charge in [0.2, 0.25) is 0 Å². The van der Waals surface area contributed by atoms with Crippen molar-refractivity contribution in [2.75, 3.05) is 6.54 Å². The summed E-state index contributed by atoms with van der Waals surface area (Å²) in [7, 11) is 0. The van der Waals surface area contributed by atoms with Crippen LogP contribution in [-0.2, 0) is 12.7 Å². The van der Waals surface area contributed by atoms with Crippen LogP contribution in [0.15, 0.2) is 29.3 Å². The minimum atomic E-state index is -4.27. The lowest BCUT2D eigenvalue weighted by molar-refractivity contribution is -0.137. The zero-order valence-corrected chi connectivity index (χ0v) is 10.6. The van der Waals surface area contributed by atoms with Crippen molar-refractivity contribution in [1.82, 2.24) is 5.32 Å². The Balaban J connectivity index is 1.91. The van der Waals surface area contributed by atoms with Gasteiger partial charge in [-0.1, -0.05) is 18.6 Å². The van der Waals surface area contributed by atoms with Crippen molar-refractivity contribution in [2.24, 2.45) is 4.99 Å². The third kappa shape index (κ3) is 4.26. The van der Waals surface area contributed by atoms with Crippen molar-refractivity contribution in [3.63, 3.8) is 0 Å². The molecule has 104 valence electrons. The van der Waals surface area contributed by atoms with Crippen molar-refractivity contribution < 1.29 is 13.2 Å². The van der Waals surface area contributed by atoms with Crippen LogP contribution < -0.4 is 5.32 Å². The van der Waals surface area contributed by atoms with Crippen molar-refractivity contribution in [2.45, 2.75) is 38.4 Å². The standard InChI is InChI=1S/C14H17F3N2/c15-14(16,17)12-7-5-11(6-8-12)10-19-13-4-2-1-3-9-18-13/h5-8H,1-4,9-10H2,(H,18,19). The van der Waals surface area contributed by atoms with Crippen LogP contribution >= 0.6 is 0 Å². The molecule has 0 atom stereocenters. The smallest absolute Gasteiger partial charge is 0.370 e. The van der Waals surface area contributed by atoms with Crippen LogP contribution in [0.4, 0.5) is 13.2 Å². The first kappa shape index (κ1) is 13.9. The number of alkyl halides is 3. The number of hydrogen-bond donors (Lipinski definition) is 1. The van der Waals surface area contributed by atoms with Crippen molar-refractivity contribution in [3.05, 3.63) is 35.4 Å². The van der Waals surface area contributed by atoms with E-state index in [1.807, 2.05) is 0 Å². The summed E-state index contributed by atoms with van der Waals surface area (Å²) < 4.78 is 37.2. The van der Waals surface area contributed by atoms with Gasteiger partial charge in [0.15, 0.2) is 0 Å². The van der Waals surface area contributed by atoms with Gasteiger partial charge in [-0.25, -0.2) is 0 Å². The molecule has 0 saturated heterocycles. The van der Waals surface area contributed by atoms with Gasteiger partial charge in [-0.3, -0.25) is 4.99 Å². The Morgan fingerprint density at radius 1 is 1.05 bits per heavy atom. The highest BCUT2D eigenvalue weighted by atomic mass is 19.4. The Morgan fingerprint density at radius 2 is 1.79 bits per heavy atom. The zero-order valence-electron chi connectivity index (χ0n) is 10.6. The molecule has 1 aliphatic heterocycles. The first-order valence-corrected chi connectivity index (χ1v) is 6.49. The first-order valence-electron chi connectivity index (χ1n) is 6.49. The molecule has 2 nitrogen and oxygen atoms in total. The van der Waals surface area contributed by atoms with Gasteiger partial charge in [-0.15, -0.1) is 0 Å².